The van der Waals surface area contributed by atoms with Crippen LogP contribution in [0.5, 0.6) is 0 Å². The van der Waals surface area contributed by atoms with Crippen LogP contribution in [0.1, 0.15) is 19.8 Å². The van der Waals surface area contributed by atoms with E-state index in [9.17, 15) is 4.79 Å². The second-order valence-electron chi connectivity index (χ2n) is 3.42. The van der Waals surface area contributed by atoms with Crippen LogP contribution < -0.4 is 0 Å². The van der Waals surface area contributed by atoms with Crippen molar-refractivity contribution in [3.63, 3.8) is 0 Å². The number of morpholine rings is 1. The summed E-state index contributed by atoms with van der Waals surface area (Å²) in [5.74, 6) is -0.0826. The average Bonchev–Trinajstić information content (AvgIpc) is 2.20. The average molecular weight is 201 g/mol. The summed E-state index contributed by atoms with van der Waals surface area (Å²) in [6.07, 6.45) is 1.39. The third kappa shape index (κ3) is 4.58. The van der Waals surface area contributed by atoms with E-state index in [1.807, 2.05) is 6.92 Å². The van der Waals surface area contributed by atoms with Gasteiger partial charge in [0.1, 0.15) is 6.61 Å². The quantitative estimate of drug-likeness (QED) is 0.613. The van der Waals surface area contributed by atoms with Gasteiger partial charge >= 0.3 is 5.97 Å². The minimum absolute atomic E-state index is 0.0826. The molecule has 82 valence electrons. The summed E-state index contributed by atoms with van der Waals surface area (Å²) in [6.45, 7) is 6.81. The highest BCUT2D eigenvalue weighted by atomic mass is 16.5. The Balaban J connectivity index is 1.99. The van der Waals surface area contributed by atoms with E-state index in [0.29, 0.717) is 13.0 Å². The maximum Gasteiger partial charge on any atom is 0.305 e. The maximum atomic E-state index is 11.0. The first-order chi connectivity index (χ1) is 6.83. The second-order valence-corrected chi connectivity index (χ2v) is 3.42. The summed E-state index contributed by atoms with van der Waals surface area (Å²) >= 11 is 0. The number of hydrogen-bond donors (Lipinski definition) is 0. The Morgan fingerprint density at radius 3 is 2.79 bits per heavy atom. The van der Waals surface area contributed by atoms with Crippen LogP contribution in [0.2, 0.25) is 0 Å². The van der Waals surface area contributed by atoms with Gasteiger partial charge in [-0.25, -0.2) is 0 Å². The van der Waals surface area contributed by atoms with E-state index in [1.165, 1.54) is 0 Å². The van der Waals surface area contributed by atoms with Crippen molar-refractivity contribution in [1.29, 1.82) is 0 Å². The van der Waals surface area contributed by atoms with E-state index >= 15 is 0 Å². The van der Waals surface area contributed by atoms with Crippen molar-refractivity contribution in [1.82, 2.24) is 4.90 Å². The van der Waals surface area contributed by atoms with E-state index in [1.54, 1.807) is 0 Å². The lowest BCUT2D eigenvalue weighted by molar-refractivity contribution is -0.144. The Morgan fingerprint density at radius 2 is 2.14 bits per heavy atom. The molecule has 14 heavy (non-hydrogen) atoms. The fourth-order valence-electron chi connectivity index (χ4n) is 1.39. The highest BCUT2D eigenvalue weighted by Crippen LogP contribution is 1.97. The Morgan fingerprint density at radius 1 is 1.43 bits per heavy atom. The maximum absolute atomic E-state index is 11.0. The summed E-state index contributed by atoms with van der Waals surface area (Å²) in [5.41, 5.74) is 0. The summed E-state index contributed by atoms with van der Waals surface area (Å²) in [5, 5.41) is 0. The third-order valence-corrected chi connectivity index (χ3v) is 2.23. The molecule has 1 fully saturated rings. The number of hydrogen-bond acceptors (Lipinski definition) is 4. The molecule has 0 bridgehead atoms. The number of ether oxygens (including phenoxy) is 2. The molecule has 0 spiro atoms. The molecule has 0 saturated carbocycles. The monoisotopic (exact) mass is 201 g/mol. The molecule has 1 rings (SSSR count). The first-order valence-electron chi connectivity index (χ1n) is 5.28. The fourth-order valence-corrected chi connectivity index (χ4v) is 1.39. The standard InChI is InChI=1S/C10H19NO3/c1-2-3-10(12)14-9-6-11-4-7-13-8-5-11/h2-9H2,1H3. The largest absolute Gasteiger partial charge is 0.464 e. The zero-order chi connectivity index (χ0) is 10.2. The normalized spacial score (nSPS) is 18.1. The van der Waals surface area contributed by atoms with Crippen molar-refractivity contribution >= 4 is 5.97 Å². The Labute approximate surface area is 85.2 Å². The van der Waals surface area contributed by atoms with Crippen molar-refractivity contribution in [2.45, 2.75) is 19.8 Å². The van der Waals surface area contributed by atoms with Gasteiger partial charge in [0.05, 0.1) is 13.2 Å². The van der Waals surface area contributed by atoms with Gasteiger partial charge in [0, 0.05) is 26.1 Å². The van der Waals surface area contributed by atoms with E-state index in [2.05, 4.69) is 4.90 Å². The molecule has 0 aromatic carbocycles. The molecule has 4 nitrogen and oxygen atoms in total. The second kappa shape index (κ2) is 6.79. The molecule has 1 aliphatic heterocycles. The van der Waals surface area contributed by atoms with Gasteiger partial charge in [0.2, 0.25) is 0 Å². The molecule has 0 N–H and O–H groups in total. The Hall–Kier alpha value is -0.610. The van der Waals surface area contributed by atoms with Gasteiger partial charge in [-0.05, 0) is 6.42 Å². The molecule has 1 aliphatic rings. The molecule has 1 saturated heterocycles. The van der Waals surface area contributed by atoms with Gasteiger partial charge in [-0.2, -0.15) is 0 Å². The van der Waals surface area contributed by atoms with Gasteiger partial charge in [-0.1, -0.05) is 6.92 Å². The topological polar surface area (TPSA) is 38.8 Å². The first kappa shape index (κ1) is 11.5. The highest BCUT2D eigenvalue weighted by molar-refractivity contribution is 5.69. The fraction of sp³-hybridized carbons (Fsp3) is 0.900. The molecule has 0 aromatic heterocycles. The smallest absolute Gasteiger partial charge is 0.305 e. The lowest BCUT2D eigenvalue weighted by atomic mass is 10.3. The summed E-state index contributed by atoms with van der Waals surface area (Å²) in [4.78, 5) is 13.3. The molecule has 0 atom stereocenters. The predicted octanol–water partition coefficient (Wildman–Crippen LogP) is 0.662. The van der Waals surface area contributed by atoms with Crippen LogP contribution >= 0.6 is 0 Å². The molecular weight excluding hydrogens is 182 g/mol. The van der Waals surface area contributed by atoms with Crippen molar-refractivity contribution in [3.05, 3.63) is 0 Å². The molecular formula is C10H19NO3. The van der Waals surface area contributed by atoms with Crippen LogP contribution in [-0.4, -0.2) is 50.3 Å². The van der Waals surface area contributed by atoms with Crippen molar-refractivity contribution in [2.24, 2.45) is 0 Å². The van der Waals surface area contributed by atoms with Gasteiger partial charge in [0.15, 0.2) is 0 Å². The minimum atomic E-state index is -0.0826. The van der Waals surface area contributed by atoms with Crippen molar-refractivity contribution in [2.75, 3.05) is 39.5 Å². The van der Waals surface area contributed by atoms with Crippen LogP contribution in [0.4, 0.5) is 0 Å². The SMILES string of the molecule is CCCC(=O)OCCN1CCOCC1. The van der Waals surface area contributed by atoms with Gasteiger partial charge in [0.25, 0.3) is 0 Å². The Kier molecular flexibility index (Phi) is 5.56. The molecule has 0 radical (unpaired) electrons. The zero-order valence-corrected chi connectivity index (χ0v) is 8.83. The van der Waals surface area contributed by atoms with Crippen molar-refractivity contribution < 1.29 is 14.3 Å². The number of carbonyl (C=O) groups is 1. The summed E-state index contributed by atoms with van der Waals surface area (Å²) < 4.78 is 10.3. The number of rotatable bonds is 5. The van der Waals surface area contributed by atoms with Crippen molar-refractivity contribution in [3.8, 4) is 0 Å². The van der Waals surface area contributed by atoms with Crippen LogP contribution in [-0.2, 0) is 14.3 Å². The van der Waals surface area contributed by atoms with E-state index in [-0.39, 0.29) is 5.97 Å². The van der Waals surface area contributed by atoms with E-state index < -0.39 is 0 Å². The van der Waals surface area contributed by atoms with Crippen LogP contribution in [0.3, 0.4) is 0 Å². The van der Waals surface area contributed by atoms with Crippen LogP contribution in [0.15, 0.2) is 0 Å². The Bertz CT molecular complexity index is 167. The van der Waals surface area contributed by atoms with Gasteiger partial charge in [-0.3, -0.25) is 9.69 Å². The lowest BCUT2D eigenvalue weighted by Gasteiger charge is -2.26. The van der Waals surface area contributed by atoms with E-state index in [4.69, 9.17) is 9.47 Å². The van der Waals surface area contributed by atoms with E-state index in [0.717, 1.165) is 39.3 Å². The zero-order valence-electron chi connectivity index (χ0n) is 8.83. The molecule has 0 unspecified atom stereocenters. The number of carbonyl (C=O) groups excluding carboxylic acids is 1. The number of nitrogens with zero attached hydrogens (tertiary/aromatic N) is 1. The minimum Gasteiger partial charge on any atom is -0.464 e. The number of esters is 1. The molecule has 0 aliphatic carbocycles. The molecule has 4 heteroatoms. The van der Waals surface area contributed by atoms with Gasteiger partial charge < -0.3 is 9.47 Å². The first-order valence-corrected chi connectivity index (χ1v) is 5.28. The third-order valence-electron chi connectivity index (χ3n) is 2.23. The highest BCUT2D eigenvalue weighted by Gasteiger charge is 2.10. The predicted molar refractivity (Wildman–Crippen MR) is 53.1 cm³/mol. The summed E-state index contributed by atoms with van der Waals surface area (Å²) in [7, 11) is 0. The molecule has 1 heterocycles. The molecule has 0 aromatic rings. The summed E-state index contributed by atoms with van der Waals surface area (Å²) in [6, 6.07) is 0. The van der Waals surface area contributed by atoms with Crippen LogP contribution in [0.25, 0.3) is 0 Å². The van der Waals surface area contributed by atoms with Gasteiger partial charge in [-0.15, -0.1) is 0 Å². The lowest BCUT2D eigenvalue weighted by Crippen LogP contribution is -2.38. The van der Waals surface area contributed by atoms with Crippen LogP contribution in [0, 0.1) is 0 Å². The molecule has 0 amide bonds.